The quantitative estimate of drug-likeness (QED) is 0.893. The van der Waals surface area contributed by atoms with E-state index in [1.54, 1.807) is 0 Å². The lowest BCUT2D eigenvalue weighted by Gasteiger charge is -2.25. The van der Waals surface area contributed by atoms with Gasteiger partial charge < -0.3 is 4.74 Å². The van der Waals surface area contributed by atoms with E-state index in [4.69, 9.17) is 4.74 Å². The van der Waals surface area contributed by atoms with E-state index in [0.29, 0.717) is 6.04 Å². The zero-order chi connectivity index (χ0) is 14.6. The largest absolute Gasteiger partial charge is 0.490 e. The average Bonchev–Trinajstić information content (AvgIpc) is 2.82. The molecule has 20 heavy (non-hydrogen) atoms. The summed E-state index contributed by atoms with van der Waals surface area (Å²) >= 11 is 0. The molecular formula is C17H24N2O. The maximum atomic E-state index is 9.45. The van der Waals surface area contributed by atoms with Crippen molar-refractivity contribution in [2.24, 2.45) is 0 Å². The zero-order valence-corrected chi connectivity index (χ0v) is 12.6. The lowest BCUT2D eigenvalue weighted by atomic mass is 9.98. The van der Waals surface area contributed by atoms with Gasteiger partial charge in [-0.2, -0.15) is 5.26 Å². The van der Waals surface area contributed by atoms with Gasteiger partial charge in [0, 0.05) is 12.5 Å². The van der Waals surface area contributed by atoms with Gasteiger partial charge in [-0.3, -0.25) is 5.32 Å². The maximum absolute atomic E-state index is 9.45. The summed E-state index contributed by atoms with van der Waals surface area (Å²) in [6.45, 7) is 6.30. The number of aryl methyl sites for hydroxylation is 1. The third-order valence-corrected chi connectivity index (χ3v) is 3.88. The highest BCUT2D eigenvalue weighted by atomic mass is 16.5. The van der Waals surface area contributed by atoms with Crippen LogP contribution in [0.1, 0.15) is 45.6 Å². The third kappa shape index (κ3) is 3.52. The molecule has 0 heterocycles. The summed E-state index contributed by atoms with van der Waals surface area (Å²) in [5.41, 5.74) is 0.902. The third-order valence-electron chi connectivity index (χ3n) is 3.88. The van der Waals surface area contributed by atoms with E-state index >= 15 is 0 Å². The summed E-state index contributed by atoms with van der Waals surface area (Å²) < 4.78 is 6.02. The second kappa shape index (κ2) is 6.28. The lowest BCUT2D eigenvalue weighted by Crippen LogP contribution is -2.46. The molecule has 108 valence electrons. The molecule has 3 nitrogen and oxygen atoms in total. The van der Waals surface area contributed by atoms with E-state index in [-0.39, 0.29) is 6.10 Å². The number of hydrogen-bond acceptors (Lipinski definition) is 3. The minimum Gasteiger partial charge on any atom is -0.490 e. The van der Waals surface area contributed by atoms with Crippen LogP contribution in [-0.2, 0) is 6.42 Å². The van der Waals surface area contributed by atoms with Crippen LogP contribution in [0.25, 0.3) is 0 Å². The van der Waals surface area contributed by atoms with Crippen LogP contribution in [-0.4, -0.2) is 17.7 Å². The molecule has 2 atom stereocenters. The van der Waals surface area contributed by atoms with Crippen LogP contribution < -0.4 is 10.1 Å². The van der Waals surface area contributed by atoms with Crippen LogP contribution in [0.3, 0.4) is 0 Å². The zero-order valence-electron chi connectivity index (χ0n) is 12.6. The molecule has 3 heteroatoms. The molecule has 0 aliphatic heterocycles. The molecule has 0 radical (unpaired) electrons. The Hall–Kier alpha value is -1.53. The van der Waals surface area contributed by atoms with Crippen molar-refractivity contribution in [1.82, 2.24) is 5.32 Å². The van der Waals surface area contributed by atoms with Gasteiger partial charge in [0.1, 0.15) is 17.4 Å². The molecule has 0 bridgehead atoms. The van der Waals surface area contributed by atoms with Gasteiger partial charge in [0.2, 0.25) is 0 Å². The van der Waals surface area contributed by atoms with Crippen LogP contribution in [0, 0.1) is 11.3 Å². The van der Waals surface area contributed by atoms with Gasteiger partial charge in [-0.15, -0.1) is 0 Å². The number of rotatable bonds is 5. The number of hydrogen-bond donors (Lipinski definition) is 1. The highest BCUT2D eigenvalue weighted by Gasteiger charge is 2.40. The Morgan fingerprint density at radius 1 is 1.40 bits per heavy atom. The van der Waals surface area contributed by atoms with E-state index in [1.807, 2.05) is 12.1 Å². The molecular weight excluding hydrogens is 248 g/mol. The van der Waals surface area contributed by atoms with Gasteiger partial charge in [-0.25, -0.2) is 0 Å². The average molecular weight is 272 g/mol. The number of nitrogens with zero attached hydrogens (tertiary/aromatic N) is 1. The molecule has 2 rings (SSSR count). The Bertz CT molecular complexity index is 475. The van der Waals surface area contributed by atoms with E-state index in [9.17, 15) is 5.26 Å². The van der Waals surface area contributed by atoms with Gasteiger partial charge in [0.05, 0.1) is 6.07 Å². The fourth-order valence-electron chi connectivity index (χ4n) is 2.91. The number of nitriles is 1. The molecule has 1 fully saturated rings. The fraction of sp³-hybridized carbons (Fsp3) is 0.588. The molecule has 1 aliphatic carbocycles. The minimum absolute atomic E-state index is 0.133. The normalized spacial score (nSPS) is 25.6. The summed E-state index contributed by atoms with van der Waals surface area (Å²) in [5.74, 6) is 0.908. The van der Waals surface area contributed by atoms with E-state index in [2.05, 4.69) is 44.3 Å². The smallest absolute Gasteiger partial charge is 0.119 e. The number of ether oxygens (including phenoxy) is 1. The molecule has 1 saturated carbocycles. The van der Waals surface area contributed by atoms with Crippen LogP contribution in [0.15, 0.2) is 24.3 Å². The first-order chi connectivity index (χ1) is 9.57. The van der Waals surface area contributed by atoms with Crippen molar-refractivity contribution >= 4 is 0 Å². The van der Waals surface area contributed by atoms with Crippen LogP contribution in [0.4, 0.5) is 0 Å². The van der Waals surface area contributed by atoms with Crippen LogP contribution >= 0.6 is 0 Å². The van der Waals surface area contributed by atoms with Gasteiger partial charge >= 0.3 is 0 Å². The van der Waals surface area contributed by atoms with Gasteiger partial charge in [0.25, 0.3) is 0 Å². The first kappa shape index (κ1) is 14.9. The van der Waals surface area contributed by atoms with Gasteiger partial charge in [0.15, 0.2) is 0 Å². The molecule has 0 saturated heterocycles. The summed E-state index contributed by atoms with van der Waals surface area (Å²) in [7, 11) is 0. The first-order valence-electron chi connectivity index (χ1n) is 7.51. The Labute approximate surface area is 121 Å². The number of benzene rings is 1. The second-order valence-electron chi connectivity index (χ2n) is 5.97. The second-order valence-corrected chi connectivity index (χ2v) is 5.97. The fourth-order valence-corrected chi connectivity index (χ4v) is 2.91. The SMILES string of the molecule is CCc1ccc(OC2CCC(C#N)(NC(C)C)C2)cc1. The standard InChI is InChI=1S/C17H24N2O/c1-4-14-5-7-15(8-6-14)20-16-9-10-17(11-16,12-18)19-13(2)3/h5-8,13,16,19H,4,9-11H2,1-3H3. The Morgan fingerprint density at radius 2 is 2.10 bits per heavy atom. The van der Waals surface area contributed by atoms with Crippen molar-refractivity contribution in [2.45, 2.75) is 64.1 Å². The Balaban J connectivity index is 1.97. The molecule has 1 aliphatic rings. The lowest BCUT2D eigenvalue weighted by molar-refractivity contribution is 0.199. The molecule has 1 N–H and O–H groups in total. The van der Waals surface area contributed by atoms with Crippen molar-refractivity contribution in [2.75, 3.05) is 0 Å². The van der Waals surface area contributed by atoms with E-state index < -0.39 is 5.54 Å². The predicted octanol–water partition coefficient (Wildman–Crippen LogP) is 3.44. The van der Waals surface area contributed by atoms with Crippen molar-refractivity contribution in [1.29, 1.82) is 5.26 Å². The highest BCUT2D eigenvalue weighted by molar-refractivity contribution is 5.28. The Kier molecular flexibility index (Phi) is 4.67. The first-order valence-corrected chi connectivity index (χ1v) is 7.51. The van der Waals surface area contributed by atoms with Crippen LogP contribution in [0.2, 0.25) is 0 Å². The molecule has 1 aromatic carbocycles. The highest BCUT2D eigenvalue weighted by Crippen LogP contribution is 2.33. The van der Waals surface area contributed by atoms with Crippen molar-refractivity contribution in [3.63, 3.8) is 0 Å². The van der Waals surface area contributed by atoms with E-state index in [1.165, 1.54) is 5.56 Å². The maximum Gasteiger partial charge on any atom is 0.119 e. The monoisotopic (exact) mass is 272 g/mol. The van der Waals surface area contributed by atoms with E-state index in [0.717, 1.165) is 31.4 Å². The minimum atomic E-state index is -0.414. The topological polar surface area (TPSA) is 45.0 Å². The number of nitrogens with one attached hydrogen (secondary N) is 1. The predicted molar refractivity (Wildman–Crippen MR) is 80.7 cm³/mol. The van der Waals surface area contributed by atoms with Crippen molar-refractivity contribution in [3.05, 3.63) is 29.8 Å². The van der Waals surface area contributed by atoms with Gasteiger partial charge in [-0.1, -0.05) is 19.1 Å². The van der Waals surface area contributed by atoms with Crippen molar-refractivity contribution < 1.29 is 4.74 Å². The van der Waals surface area contributed by atoms with Crippen LogP contribution in [0.5, 0.6) is 5.75 Å². The molecule has 0 spiro atoms. The summed E-state index contributed by atoms with van der Waals surface area (Å²) in [5, 5.41) is 12.8. The Morgan fingerprint density at radius 3 is 2.65 bits per heavy atom. The van der Waals surface area contributed by atoms with Gasteiger partial charge in [-0.05, 0) is 50.8 Å². The summed E-state index contributed by atoms with van der Waals surface area (Å²) in [4.78, 5) is 0. The molecule has 0 aromatic heterocycles. The molecule has 2 unspecified atom stereocenters. The molecule has 1 aromatic rings. The summed E-state index contributed by atoms with van der Waals surface area (Å²) in [6.07, 6.45) is 3.73. The molecule has 0 amide bonds. The summed E-state index contributed by atoms with van der Waals surface area (Å²) in [6, 6.07) is 11.0. The van der Waals surface area contributed by atoms with Crippen molar-refractivity contribution in [3.8, 4) is 11.8 Å².